The van der Waals surface area contributed by atoms with Crippen molar-refractivity contribution in [1.82, 2.24) is 15.1 Å². The zero-order valence-electron chi connectivity index (χ0n) is 17.3. The molecule has 0 aliphatic carbocycles. The molecule has 154 valence electrons. The minimum absolute atomic E-state index is 0.0433. The highest BCUT2D eigenvalue weighted by Crippen LogP contribution is 2.20. The fraction of sp³-hybridized carbons (Fsp3) is 0.636. The molecule has 1 atom stereocenters. The predicted molar refractivity (Wildman–Crippen MR) is 112 cm³/mol. The van der Waals surface area contributed by atoms with E-state index in [1.165, 1.54) is 5.69 Å². The number of hydrogen-bond donors (Lipinski definition) is 1. The molecular weight excluding hydrogens is 352 g/mol. The monoisotopic (exact) mass is 386 g/mol. The lowest BCUT2D eigenvalue weighted by atomic mass is 9.99. The van der Waals surface area contributed by atoms with Crippen LogP contribution >= 0.6 is 0 Å². The van der Waals surface area contributed by atoms with Crippen molar-refractivity contribution in [2.75, 3.05) is 44.2 Å². The Morgan fingerprint density at radius 2 is 1.75 bits per heavy atom. The third-order valence-corrected chi connectivity index (χ3v) is 5.90. The van der Waals surface area contributed by atoms with Crippen molar-refractivity contribution in [2.45, 2.75) is 51.6 Å². The van der Waals surface area contributed by atoms with Gasteiger partial charge in [-0.25, -0.2) is 0 Å². The van der Waals surface area contributed by atoms with Crippen LogP contribution in [-0.2, 0) is 9.59 Å². The number of piperidine rings is 1. The van der Waals surface area contributed by atoms with Crippen LogP contribution in [0.4, 0.5) is 5.69 Å². The van der Waals surface area contributed by atoms with Crippen LogP contribution in [0, 0.1) is 0 Å². The summed E-state index contributed by atoms with van der Waals surface area (Å²) in [6.07, 6.45) is 3.56. The van der Waals surface area contributed by atoms with Gasteiger partial charge in [0, 0.05) is 50.9 Å². The second-order valence-electron chi connectivity index (χ2n) is 8.09. The topological polar surface area (TPSA) is 55.9 Å². The largest absolute Gasteiger partial charge is 0.368 e. The van der Waals surface area contributed by atoms with Crippen molar-refractivity contribution in [3.8, 4) is 0 Å². The lowest BCUT2D eigenvalue weighted by Crippen LogP contribution is -2.52. The summed E-state index contributed by atoms with van der Waals surface area (Å²) in [7, 11) is 0. The summed E-state index contributed by atoms with van der Waals surface area (Å²) in [6.45, 7) is 8.89. The molecule has 2 heterocycles. The van der Waals surface area contributed by atoms with E-state index < -0.39 is 0 Å². The zero-order chi connectivity index (χ0) is 19.9. The number of amides is 2. The van der Waals surface area contributed by atoms with Gasteiger partial charge >= 0.3 is 0 Å². The summed E-state index contributed by atoms with van der Waals surface area (Å²) < 4.78 is 0. The molecular formula is C22H34N4O2. The van der Waals surface area contributed by atoms with E-state index in [0.717, 1.165) is 52.0 Å². The number of likely N-dealkylation sites (tertiary alicyclic amines) is 1. The summed E-state index contributed by atoms with van der Waals surface area (Å²) in [5, 5.41) is 3.00. The van der Waals surface area contributed by atoms with Gasteiger partial charge in [0.15, 0.2) is 0 Å². The average molecular weight is 387 g/mol. The molecule has 2 aliphatic heterocycles. The molecule has 0 radical (unpaired) electrons. The molecule has 1 aromatic carbocycles. The maximum Gasteiger partial charge on any atom is 0.237 e. The van der Waals surface area contributed by atoms with E-state index in [0.29, 0.717) is 19.0 Å². The number of rotatable bonds is 6. The molecule has 2 fully saturated rings. The quantitative estimate of drug-likeness (QED) is 0.814. The van der Waals surface area contributed by atoms with Gasteiger partial charge in [0.25, 0.3) is 0 Å². The van der Waals surface area contributed by atoms with Gasteiger partial charge in [-0.2, -0.15) is 0 Å². The van der Waals surface area contributed by atoms with Gasteiger partial charge in [-0.3, -0.25) is 14.5 Å². The summed E-state index contributed by atoms with van der Waals surface area (Å²) in [6, 6.07) is 10.7. The Bertz CT molecular complexity index is 641. The van der Waals surface area contributed by atoms with E-state index in [2.05, 4.69) is 41.1 Å². The van der Waals surface area contributed by atoms with E-state index in [-0.39, 0.29) is 17.9 Å². The van der Waals surface area contributed by atoms with E-state index in [1.807, 2.05) is 23.1 Å². The molecule has 0 bridgehead atoms. The number of carbonyl (C=O) groups excluding carboxylic acids is 2. The first-order valence-electron chi connectivity index (χ1n) is 10.7. The number of anilines is 1. The molecule has 1 N–H and O–H groups in total. The molecule has 2 amide bonds. The number of piperazine rings is 1. The fourth-order valence-corrected chi connectivity index (χ4v) is 4.27. The van der Waals surface area contributed by atoms with Gasteiger partial charge in [0.2, 0.25) is 11.8 Å². The lowest BCUT2D eigenvalue weighted by Gasteiger charge is -2.37. The van der Waals surface area contributed by atoms with Crippen molar-refractivity contribution in [2.24, 2.45) is 0 Å². The maximum absolute atomic E-state index is 12.6. The van der Waals surface area contributed by atoms with Crippen LogP contribution < -0.4 is 10.2 Å². The van der Waals surface area contributed by atoms with Crippen molar-refractivity contribution < 1.29 is 9.59 Å². The molecule has 0 spiro atoms. The number of benzene rings is 1. The second-order valence-corrected chi connectivity index (χ2v) is 8.09. The molecule has 28 heavy (non-hydrogen) atoms. The van der Waals surface area contributed by atoms with Crippen LogP contribution in [0.1, 0.15) is 39.5 Å². The number of para-hydroxylation sites is 1. The van der Waals surface area contributed by atoms with Crippen molar-refractivity contribution in [3.63, 3.8) is 0 Å². The van der Waals surface area contributed by atoms with Crippen LogP contribution in [0.25, 0.3) is 0 Å². The van der Waals surface area contributed by atoms with E-state index in [9.17, 15) is 9.59 Å². The normalized spacial score (nSPS) is 21.0. The smallest absolute Gasteiger partial charge is 0.237 e. The summed E-state index contributed by atoms with van der Waals surface area (Å²) in [5.74, 6) is 0.215. The van der Waals surface area contributed by atoms with E-state index in [4.69, 9.17) is 0 Å². The minimum atomic E-state index is -0.0433. The second kappa shape index (κ2) is 9.92. The van der Waals surface area contributed by atoms with Crippen LogP contribution in [0.15, 0.2) is 30.3 Å². The molecule has 6 heteroatoms. The summed E-state index contributed by atoms with van der Waals surface area (Å²) >= 11 is 0. The first-order valence-corrected chi connectivity index (χ1v) is 10.7. The number of hydrogen-bond acceptors (Lipinski definition) is 4. The molecule has 6 nitrogen and oxygen atoms in total. The fourth-order valence-electron chi connectivity index (χ4n) is 4.27. The molecule has 2 saturated heterocycles. The van der Waals surface area contributed by atoms with Crippen LogP contribution in [0.5, 0.6) is 0 Å². The highest BCUT2D eigenvalue weighted by molar-refractivity contribution is 5.83. The molecule has 1 unspecified atom stereocenters. The first-order chi connectivity index (χ1) is 13.6. The molecule has 0 saturated carbocycles. The van der Waals surface area contributed by atoms with Gasteiger partial charge in [0.1, 0.15) is 0 Å². The minimum Gasteiger partial charge on any atom is -0.368 e. The van der Waals surface area contributed by atoms with Crippen LogP contribution in [0.2, 0.25) is 0 Å². The van der Waals surface area contributed by atoms with Gasteiger partial charge < -0.3 is 15.1 Å². The predicted octanol–water partition coefficient (Wildman–Crippen LogP) is 2.10. The molecule has 0 aromatic heterocycles. The third kappa shape index (κ3) is 5.25. The Labute approximate surface area is 168 Å². The Morgan fingerprint density at radius 3 is 2.43 bits per heavy atom. The third-order valence-electron chi connectivity index (χ3n) is 5.90. The number of carbonyl (C=O) groups is 2. The Balaban J connectivity index is 1.39. The van der Waals surface area contributed by atoms with Crippen molar-refractivity contribution >= 4 is 17.5 Å². The van der Waals surface area contributed by atoms with Crippen molar-refractivity contribution in [3.05, 3.63) is 30.3 Å². The summed E-state index contributed by atoms with van der Waals surface area (Å²) in [5.41, 5.74) is 1.21. The van der Waals surface area contributed by atoms with Gasteiger partial charge in [-0.1, -0.05) is 24.6 Å². The molecule has 3 rings (SSSR count). The highest BCUT2D eigenvalue weighted by atomic mass is 16.2. The van der Waals surface area contributed by atoms with Crippen molar-refractivity contribution in [1.29, 1.82) is 0 Å². The Kier molecular flexibility index (Phi) is 7.31. The number of nitrogens with one attached hydrogen (secondary N) is 1. The highest BCUT2D eigenvalue weighted by Gasteiger charge is 2.30. The molecule has 2 aliphatic rings. The van der Waals surface area contributed by atoms with Crippen LogP contribution in [0.3, 0.4) is 0 Å². The zero-order valence-corrected chi connectivity index (χ0v) is 17.3. The maximum atomic E-state index is 12.6. The molecule has 1 aromatic rings. The first kappa shape index (κ1) is 20.6. The van der Waals surface area contributed by atoms with Gasteiger partial charge in [-0.05, 0) is 45.4 Å². The van der Waals surface area contributed by atoms with Gasteiger partial charge in [-0.15, -0.1) is 0 Å². The average Bonchev–Trinajstić information content (AvgIpc) is 2.74. The SMILES string of the molecule is CC(C)N1CCCCC1C(=O)NCCC(=O)N1CCN(c2ccccc2)CC1. The van der Waals surface area contributed by atoms with Crippen LogP contribution in [-0.4, -0.2) is 73.0 Å². The number of nitrogens with zero attached hydrogens (tertiary/aromatic N) is 3. The van der Waals surface area contributed by atoms with E-state index in [1.54, 1.807) is 0 Å². The van der Waals surface area contributed by atoms with Gasteiger partial charge in [0.05, 0.1) is 6.04 Å². The van der Waals surface area contributed by atoms with E-state index >= 15 is 0 Å². The standard InChI is InChI=1S/C22H34N4O2/c1-18(2)26-13-7-6-10-20(26)22(28)23-12-11-21(27)25-16-14-24(15-17-25)19-8-4-3-5-9-19/h3-5,8-9,18,20H,6-7,10-17H2,1-2H3,(H,23,28). The lowest BCUT2D eigenvalue weighted by molar-refractivity contribution is -0.132. The Hall–Kier alpha value is -2.08. The Morgan fingerprint density at radius 1 is 1.04 bits per heavy atom. The summed E-state index contributed by atoms with van der Waals surface area (Å²) in [4.78, 5) is 31.6.